The number of aromatic nitrogens is 2. The third-order valence-electron chi connectivity index (χ3n) is 2.23. The minimum atomic E-state index is 0.0957. The molecule has 0 N–H and O–H groups in total. The largest absolute Gasteiger partial charge is 0.257 e. The fourth-order valence-electron chi connectivity index (χ4n) is 1.36. The predicted molar refractivity (Wildman–Crippen MR) is 53.5 cm³/mol. The second kappa shape index (κ2) is 2.66. The minimum absolute atomic E-state index is 0.0957. The molecule has 0 atom stereocenters. The van der Waals surface area contributed by atoms with Crippen molar-refractivity contribution in [2.75, 3.05) is 0 Å². The van der Waals surface area contributed by atoms with E-state index in [1.807, 2.05) is 6.20 Å². The zero-order chi connectivity index (χ0) is 9.47. The van der Waals surface area contributed by atoms with Gasteiger partial charge in [-0.3, -0.25) is 4.98 Å². The average molecular weight is 174 g/mol. The Balaban J connectivity index is 2.47. The van der Waals surface area contributed by atoms with Crippen LogP contribution in [0.5, 0.6) is 0 Å². The summed E-state index contributed by atoms with van der Waals surface area (Å²) in [6, 6.07) is 0. The molecule has 0 spiro atoms. The number of hydrogen-bond donors (Lipinski definition) is 0. The Labute approximate surface area is 78.7 Å². The first-order valence-electron chi connectivity index (χ1n) is 4.60. The minimum Gasteiger partial charge on any atom is -0.257 e. The van der Waals surface area contributed by atoms with E-state index in [-0.39, 0.29) is 5.41 Å². The predicted octanol–water partition coefficient (Wildman–Crippen LogP) is 2.34. The lowest BCUT2D eigenvalue weighted by Gasteiger charge is -2.17. The summed E-state index contributed by atoms with van der Waals surface area (Å²) in [5, 5.41) is 0. The quantitative estimate of drug-likeness (QED) is 0.603. The highest BCUT2D eigenvalue weighted by molar-refractivity contribution is 5.53. The molecule has 1 aromatic heterocycles. The lowest BCUT2D eigenvalue weighted by atomic mass is 9.92. The first kappa shape index (κ1) is 8.42. The Kier molecular flexibility index (Phi) is 1.72. The van der Waals surface area contributed by atoms with Gasteiger partial charge in [-0.05, 0) is 6.08 Å². The lowest BCUT2D eigenvalue weighted by molar-refractivity contribution is 0.564. The van der Waals surface area contributed by atoms with Crippen molar-refractivity contribution in [1.82, 2.24) is 9.97 Å². The maximum absolute atomic E-state index is 4.58. The van der Waals surface area contributed by atoms with Crippen LogP contribution in [0.4, 0.5) is 0 Å². The molecule has 0 saturated carbocycles. The maximum Gasteiger partial charge on any atom is 0.0848 e. The van der Waals surface area contributed by atoms with Gasteiger partial charge in [-0.2, -0.15) is 0 Å². The fourth-order valence-corrected chi connectivity index (χ4v) is 1.36. The molecule has 2 nitrogen and oxygen atoms in total. The van der Waals surface area contributed by atoms with Gasteiger partial charge in [-0.1, -0.05) is 26.8 Å². The summed E-state index contributed by atoms with van der Waals surface area (Å²) in [6.45, 7) is 6.46. The molecule has 1 aliphatic carbocycles. The third-order valence-corrected chi connectivity index (χ3v) is 2.23. The molecule has 13 heavy (non-hydrogen) atoms. The second-order valence-electron chi connectivity index (χ2n) is 4.44. The summed E-state index contributed by atoms with van der Waals surface area (Å²) in [5.41, 5.74) is 3.32. The SMILES string of the molecule is CC(C)(C)c1cnc2c(n1)C=CC2. The van der Waals surface area contributed by atoms with Gasteiger partial charge in [-0.15, -0.1) is 0 Å². The van der Waals surface area contributed by atoms with Gasteiger partial charge in [0.2, 0.25) is 0 Å². The van der Waals surface area contributed by atoms with Crippen LogP contribution in [0.25, 0.3) is 6.08 Å². The van der Waals surface area contributed by atoms with Crippen LogP contribution in [0.3, 0.4) is 0 Å². The zero-order valence-electron chi connectivity index (χ0n) is 8.33. The Morgan fingerprint density at radius 1 is 1.31 bits per heavy atom. The Morgan fingerprint density at radius 3 is 2.77 bits per heavy atom. The summed E-state index contributed by atoms with van der Waals surface area (Å²) in [6.07, 6.45) is 6.99. The van der Waals surface area contributed by atoms with E-state index in [2.05, 4.69) is 42.9 Å². The van der Waals surface area contributed by atoms with Crippen LogP contribution in [0.1, 0.15) is 37.9 Å². The van der Waals surface area contributed by atoms with Crippen LogP contribution in [0.15, 0.2) is 12.3 Å². The molecule has 1 heterocycles. The van der Waals surface area contributed by atoms with Crippen LogP contribution >= 0.6 is 0 Å². The molecule has 68 valence electrons. The van der Waals surface area contributed by atoms with E-state index >= 15 is 0 Å². The molecule has 0 fully saturated rings. The van der Waals surface area contributed by atoms with Gasteiger partial charge in [0, 0.05) is 18.0 Å². The van der Waals surface area contributed by atoms with Crippen molar-refractivity contribution in [3.8, 4) is 0 Å². The molecule has 1 aliphatic rings. The van der Waals surface area contributed by atoms with E-state index < -0.39 is 0 Å². The van der Waals surface area contributed by atoms with E-state index in [4.69, 9.17) is 0 Å². The van der Waals surface area contributed by atoms with E-state index in [0.29, 0.717) is 0 Å². The zero-order valence-corrected chi connectivity index (χ0v) is 8.33. The van der Waals surface area contributed by atoms with Crippen molar-refractivity contribution in [3.63, 3.8) is 0 Å². The number of hydrogen-bond acceptors (Lipinski definition) is 2. The maximum atomic E-state index is 4.58. The van der Waals surface area contributed by atoms with Crippen molar-refractivity contribution in [3.05, 3.63) is 29.4 Å². The van der Waals surface area contributed by atoms with Crippen LogP contribution in [0, 0.1) is 0 Å². The van der Waals surface area contributed by atoms with Gasteiger partial charge in [-0.25, -0.2) is 4.98 Å². The first-order chi connectivity index (χ1) is 6.07. The second-order valence-corrected chi connectivity index (χ2v) is 4.44. The van der Waals surface area contributed by atoms with Crippen LogP contribution in [-0.4, -0.2) is 9.97 Å². The Morgan fingerprint density at radius 2 is 2.08 bits per heavy atom. The van der Waals surface area contributed by atoms with Gasteiger partial charge < -0.3 is 0 Å². The highest BCUT2D eigenvalue weighted by atomic mass is 14.8. The molecule has 0 saturated heterocycles. The fraction of sp³-hybridized carbons (Fsp3) is 0.455. The molecular weight excluding hydrogens is 160 g/mol. The number of allylic oxidation sites excluding steroid dienone is 1. The van der Waals surface area contributed by atoms with Crippen molar-refractivity contribution in [2.45, 2.75) is 32.6 Å². The molecule has 0 unspecified atom stereocenters. The monoisotopic (exact) mass is 174 g/mol. The third kappa shape index (κ3) is 1.48. The number of fused-ring (bicyclic) bond motifs is 1. The Bertz CT molecular complexity index is 359. The molecule has 0 amide bonds. The van der Waals surface area contributed by atoms with Crippen molar-refractivity contribution < 1.29 is 0 Å². The van der Waals surface area contributed by atoms with Gasteiger partial charge >= 0.3 is 0 Å². The smallest absolute Gasteiger partial charge is 0.0848 e. The van der Waals surface area contributed by atoms with Gasteiger partial charge in [0.25, 0.3) is 0 Å². The van der Waals surface area contributed by atoms with Gasteiger partial charge in [0.15, 0.2) is 0 Å². The van der Waals surface area contributed by atoms with Gasteiger partial charge in [0.05, 0.1) is 17.1 Å². The molecule has 0 aliphatic heterocycles. The van der Waals surface area contributed by atoms with Crippen molar-refractivity contribution in [1.29, 1.82) is 0 Å². The van der Waals surface area contributed by atoms with E-state index in [9.17, 15) is 0 Å². The summed E-state index contributed by atoms with van der Waals surface area (Å²) in [5.74, 6) is 0. The highest BCUT2D eigenvalue weighted by Gasteiger charge is 2.18. The van der Waals surface area contributed by atoms with Crippen molar-refractivity contribution in [2.24, 2.45) is 0 Å². The molecule has 1 aromatic rings. The van der Waals surface area contributed by atoms with Gasteiger partial charge in [0.1, 0.15) is 0 Å². The summed E-state index contributed by atoms with van der Waals surface area (Å²) >= 11 is 0. The summed E-state index contributed by atoms with van der Waals surface area (Å²) in [7, 11) is 0. The van der Waals surface area contributed by atoms with E-state index in [1.165, 1.54) is 0 Å². The molecule has 2 rings (SSSR count). The van der Waals surface area contributed by atoms with E-state index in [1.54, 1.807) is 0 Å². The first-order valence-corrected chi connectivity index (χ1v) is 4.60. The molecule has 0 bridgehead atoms. The molecule has 2 heteroatoms. The Hall–Kier alpha value is -1.18. The van der Waals surface area contributed by atoms with E-state index in [0.717, 1.165) is 23.5 Å². The number of nitrogens with zero attached hydrogens (tertiary/aromatic N) is 2. The summed E-state index contributed by atoms with van der Waals surface area (Å²) < 4.78 is 0. The highest BCUT2D eigenvalue weighted by Crippen LogP contribution is 2.22. The lowest BCUT2D eigenvalue weighted by Crippen LogP contribution is -2.15. The standard InChI is InChI=1S/C11H14N2/c1-11(2,3)10-7-12-8-5-4-6-9(8)13-10/h4,6-7H,5H2,1-3H3. The summed E-state index contributed by atoms with van der Waals surface area (Å²) in [4.78, 5) is 8.98. The van der Waals surface area contributed by atoms with Crippen LogP contribution < -0.4 is 0 Å². The molecule has 0 aromatic carbocycles. The number of rotatable bonds is 0. The molecule has 0 radical (unpaired) electrons. The van der Waals surface area contributed by atoms with Crippen molar-refractivity contribution >= 4 is 6.08 Å². The average Bonchev–Trinajstić information content (AvgIpc) is 2.47. The molecular formula is C11H14N2. The topological polar surface area (TPSA) is 25.8 Å². The van der Waals surface area contributed by atoms with Crippen LogP contribution in [-0.2, 0) is 11.8 Å². The van der Waals surface area contributed by atoms with Crippen LogP contribution in [0.2, 0.25) is 0 Å². The normalized spacial score (nSPS) is 14.7.